The fraction of sp³-hybridized carbons (Fsp3) is 0.250. The third kappa shape index (κ3) is 70.6. The first-order valence-electron chi connectivity index (χ1n) is 1.99. The first-order chi connectivity index (χ1) is 4.50. The Hall–Kier alpha value is -1.20. The van der Waals surface area contributed by atoms with Crippen molar-refractivity contribution >= 4 is 6.16 Å². The average molecular weight is 158 g/mol. The van der Waals surface area contributed by atoms with Crippen LogP contribution in [0.4, 0.5) is 18.0 Å². The van der Waals surface area contributed by atoms with Crippen LogP contribution in [0.25, 0.3) is 0 Å². The van der Waals surface area contributed by atoms with Gasteiger partial charge in [-0.3, -0.25) is 0 Å². The van der Waals surface area contributed by atoms with Crippen molar-refractivity contribution in [1.29, 1.82) is 0 Å². The van der Waals surface area contributed by atoms with E-state index in [-0.39, 0.29) is 6.08 Å². The summed E-state index contributed by atoms with van der Waals surface area (Å²) in [6.45, 7) is -1.08. The number of carbonyl (C=O) groups is 1. The van der Waals surface area contributed by atoms with E-state index >= 15 is 0 Å². The number of carboxylic acid groups (broad SMARTS) is 2. The average Bonchev–Trinajstić information content (AvgIpc) is 1.62. The van der Waals surface area contributed by atoms with Crippen molar-refractivity contribution in [2.24, 2.45) is 0 Å². The molecule has 0 rings (SSSR count). The minimum atomic E-state index is -1.96. The number of halogens is 3. The van der Waals surface area contributed by atoms with Crippen molar-refractivity contribution in [2.75, 3.05) is 6.67 Å². The number of rotatable bonds is 1. The molecule has 60 valence electrons. The monoisotopic (exact) mass is 158 g/mol. The SMILES string of the molecule is FCC=C(F)F.O=C(O)O. The molecule has 3 nitrogen and oxygen atoms in total. The molecule has 0 aliphatic rings. The first-order valence-corrected chi connectivity index (χ1v) is 1.99. The van der Waals surface area contributed by atoms with Crippen molar-refractivity contribution in [3.8, 4) is 0 Å². The topological polar surface area (TPSA) is 57.5 Å². The molecule has 0 aromatic rings. The van der Waals surface area contributed by atoms with Gasteiger partial charge in [0.1, 0.15) is 6.67 Å². The Morgan fingerprint density at radius 3 is 1.70 bits per heavy atom. The van der Waals surface area contributed by atoms with Gasteiger partial charge >= 0.3 is 6.16 Å². The van der Waals surface area contributed by atoms with Gasteiger partial charge in [0.15, 0.2) is 0 Å². The second kappa shape index (κ2) is 7.80. The van der Waals surface area contributed by atoms with Gasteiger partial charge in [-0.05, 0) is 0 Å². The number of allylic oxidation sites excluding steroid dienone is 1. The maximum atomic E-state index is 10.7. The normalized spacial score (nSPS) is 7.10. The molecule has 0 aliphatic heterocycles. The Bertz CT molecular complexity index is 115. The van der Waals surface area contributed by atoms with Crippen LogP contribution in [-0.2, 0) is 0 Å². The lowest BCUT2D eigenvalue weighted by Gasteiger charge is -1.68. The van der Waals surface area contributed by atoms with Gasteiger partial charge in [0, 0.05) is 6.08 Å². The van der Waals surface area contributed by atoms with Gasteiger partial charge in [0.05, 0.1) is 0 Å². The molecule has 10 heavy (non-hydrogen) atoms. The van der Waals surface area contributed by atoms with Gasteiger partial charge in [-0.1, -0.05) is 0 Å². The molecule has 0 unspecified atom stereocenters. The van der Waals surface area contributed by atoms with E-state index in [1.807, 2.05) is 0 Å². The maximum Gasteiger partial charge on any atom is 0.503 e. The summed E-state index contributed by atoms with van der Waals surface area (Å²) < 4.78 is 32.0. The predicted octanol–water partition coefficient (Wildman–Crippen LogP) is 1.96. The minimum Gasteiger partial charge on any atom is -0.450 e. The van der Waals surface area contributed by atoms with Gasteiger partial charge in [0.2, 0.25) is 0 Å². The van der Waals surface area contributed by atoms with Crippen LogP contribution in [-0.4, -0.2) is 23.0 Å². The van der Waals surface area contributed by atoms with Crippen molar-refractivity contribution in [1.82, 2.24) is 0 Å². The summed E-state index contributed by atoms with van der Waals surface area (Å²) in [5, 5.41) is 13.9. The molecule has 0 atom stereocenters. The van der Waals surface area contributed by atoms with Crippen LogP contribution in [0.1, 0.15) is 0 Å². The highest BCUT2D eigenvalue weighted by molar-refractivity contribution is 5.53. The van der Waals surface area contributed by atoms with E-state index in [0.717, 1.165) is 0 Å². The molecule has 0 spiro atoms. The molecule has 0 amide bonds. The third-order valence-corrected chi connectivity index (χ3v) is 0.231. The number of alkyl halides is 1. The first kappa shape index (κ1) is 11.6. The fourth-order valence-electron chi connectivity index (χ4n) is 0.0583. The van der Waals surface area contributed by atoms with Crippen LogP contribution in [0.5, 0.6) is 0 Å². The zero-order chi connectivity index (χ0) is 8.57. The van der Waals surface area contributed by atoms with E-state index < -0.39 is 18.9 Å². The highest BCUT2D eigenvalue weighted by Crippen LogP contribution is 1.93. The summed E-state index contributed by atoms with van der Waals surface area (Å²) in [7, 11) is 0. The number of hydrogen-bond acceptors (Lipinski definition) is 1. The smallest absolute Gasteiger partial charge is 0.450 e. The van der Waals surface area contributed by atoms with E-state index in [0.29, 0.717) is 0 Å². The van der Waals surface area contributed by atoms with Crippen LogP contribution in [0.15, 0.2) is 12.2 Å². The molecule has 0 aliphatic carbocycles. The zero-order valence-corrected chi connectivity index (χ0v) is 4.72. The lowest BCUT2D eigenvalue weighted by molar-refractivity contribution is 0.137. The van der Waals surface area contributed by atoms with E-state index in [2.05, 4.69) is 0 Å². The number of hydrogen-bond donors (Lipinski definition) is 2. The molecule has 0 fully saturated rings. The summed E-state index contributed by atoms with van der Waals surface area (Å²) in [6.07, 6.45) is -3.59. The highest BCUT2D eigenvalue weighted by atomic mass is 19.3. The van der Waals surface area contributed by atoms with Crippen LogP contribution in [0.3, 0.4) is 0 Å². The van der Waals surface area contributed by atoms with Gasteiger partial charge in [-0.2, -0.15) is 8.78 Å². The standard InChI is InChI=1S/C3H3F3.CH2O3/c4-2-1-3(5)6;2-1(3)4/h1H,2H2;(H2,2,3,4). The maximum absolute atomic E-state index is 10.7. The fourth-order valence-corrected chi connectivity index (χ4v) is 0.0583. The van der Waals surface area contributed by atoms with Crippen molar-refractivity contribution in [3.05, 3.63) is 12.2 Å². The van der Waals surface area contributed by atoms with Gasteiger partial charge in [-0.25, -0.2) is 9.18 Å². The second-order valence-corrected chi connectivity index (χ2v) is 0.931. The quantitative estimate of drug-likeness (QED) is 0.613. The summed E-state index contributed by atoms with van der Waals surface area (Å²) in [6, 6.07) is 0. The molecule has 2 N–H and O–H groups in total. The lowest BCUT2D eigenvalue weighted by Crippen LogP contribution is -1.81. The molecular formula is C4H5F3O3. The summed E-state index contributed by atoms with van der Waals surface area (Å²) in [4.78, 5) is 8.56. The van der Waals surface area contributed by atoms with E-state index in [9.17, 15) is 13.2 Å². The Kier molecular flexibility index (Phi) is 9.03. The molecule has 0 aromatic heterocycles. The Balaban J connectivity index is 0. The summed E-state index contributed by atoms with van der Waals surface area (Å²) in [5.41, 5.74) is 0. The summed E-state index contributed by atoms with van der Waals surface area (Å²) >= 11 is 0. The van der Waals surface area contributed by atoms with Gasteiger partial charge in [-0.15, -0.1) is 0 Å². The van der Waals surface area contributed by atoms with Crippen molar-refractivity contribution in [2.45, 2.75) is 0 Å². The molecule has 0 saturated heterocycles. The van der Waals surface area contributed by atoms with Crippen LogP contribution in [0, 0.1) is 0 Å². The largest absolute Gasteiger partial charge is 0.503 e. The molecule has 0 saturated carbocycles. The van der Waals surface area contributed by atoms with Crippen LogP contribution in [0.2, 0.25) is 0 Å². The van der Waals surface area contributed by atoms with Gasteiger partial charge in [0.25, 0.3) is 6.08 Å². The predicted molar refractivity (Wildman–Crippen MR) is 26.9 cm³/mol. The molecule has 0 bridgehead atoms. The lowest BCUT2D eigenvalue weighted by atomic mass is 10.7. The van der Waals surface area contributed by atoms with Gasteiger partial charge < -0.3 is 10.2 Å². The van der Waals surface area contributed by atoms with Crippen LogP contribution < -0.4 is 0 Å². The van der Waals surface area contributed by atoms with E-state index in [1.54, 1.807) is 0 Å². The molecular weight excluding hydrogens is 153 g/mol. The Morgan fingerprint density at radius 2 is 1.70 bits per heavy atom. The van der Waals surface area contributed by atoms with E-state index in [1.165, 1.54) is 0 Å². The van der Waals surface area contributed by atoms with Crippen LogP contribution >= 0.6 is 0 Å². The van der Waals surface area contributed by atoms with Crippen molar-refractivity contribution < 1.29 is 28.2 Å². The molecule has 0 radical (unpaired) electrons. The highest BCUT2D eigenvalue weighted by Gasteiger charge is 1.80. The minimum absolute atomic E-state index is 0.208. The third-order valence-electron chi connectivity index (χ3n) is 0.231. The zero-order valence-electron chi connectivity index (χ0n) is 4.72. The Morgan fingerprint density at radius 1 is 1.40 bits per heavy atom. The Labute approximate surface area is 54.4 Å². The molecule has 0 aromatic carbocycles. The second-order valence-electron chi connectivity index (χ2n) is 0.931. The molecule has 6 heteroatoms. The summed E-state index contributed by atoms with van der Waals surface area (Å²) in [5.74, 6) is 0. The molecule has 0 heterocycles. The van der Waals surface area contributed by atoms with E-state index in [4.69, 9.17) is 15.0 Å². The van der Waals surface area contributed by atoms with Crippen molar-refractivity contribution in [3.63, 3.8) is 0 Å².